The van der Waals surface area contributed by atoms with Gasteiger partial charge in [0.25, 0.3) is 0 Å². The zero-order valence-electron chi connectivity index (χ0n) is 11.3. The van der Waals surface area contributed by atoms with Crippen LogP contribution in [0.5, 0.6) is 0 Å². The molecule has 0 atom stereocenters. The van der Waals surface area contributed by atoms with Crippen LogP contribution >= 0.6 is 34.5 Å². The summed E-state index contributed by atoms with van der Waals surface area (Å²) >= 11 is 13.0. The summed E-state index contributed by atoms with van der Waals surface area (Å²) in [6.07, 6.45) is 0.457. The summed E-state index contributed by atoms with van der Waals surface area (Å²) in [5.74, 6) is -0.829. The van der Waals surface area contributed by atoms with Crippen molar-refractivity contribution in [2.24, 2.45) is 0 Å². The zero-order chi connectivity index (χ0) is 15.6. The van der Waals surface area contributed by atoms with Gasteiger partial charge in [-0.05, 0) is 17.7 Å². The highest BCUT2D eigenvalue weighted by Crippen LogP contribution is 2.26. The number of benzene rings is 1. The van der Waals surface area contributed by atoms with Crippen LogP contribution in [-0.4, -0.2) is 23.8 Å². The molecule has 0 saturated heterocycles. The number of ether oxygens (including phenoxy) is 1. The van der Waals surface area contributed by atoms with Gasteiger partial charge < -0.3 is 4.74 Å². The van der Waals surface area contributed by atoms with Crippen molar-refractivity contribution in [3.05, 3.63) is 49.4 Å². The molecular formula is C14H11Cl2NO3S. The first kappa shape index (κ1) is 15.9. The molecule has 0 amide bonds. The maximum Gasteiger partial charge on any atom is 0.358 e. The number of halogens is 2. The van der Waals surface area contributed by atoms with Crippen LogP contribution in [0.2, 0.25) is 10.0 Å². The smallest absolute Gasteiger partial charge is 0.358 e. The molecule has 2 rings (SSSR count). The maximum absolute atomic E-state index is 11.6. The number of carbonyl (C=O) groups excluding carboxylic acids is 2. The van der Waals surface area contributed by atoms with Gasteiger partial charge in [-0.25, -0.2) is 9.78 Å². The minimum absolute atomic E-state index is 0.0602. The average Bonchev–Trinajstić information content (AvgIpc) is 2.86. The molecule has 21 heavy (non-hydrogen) atoms. The molecule has 0 aliphatic heterocycles. The largest absolute Gasteiger partial charge is 0.464 e. The Bertz CT molecular complexity index is 712. The van der Waals surface area contributed by atoms with E-state index in [1.807, 2.05) is 6.07 Å². The van der Waals surface area contributed by atoms with E-state index in [0.717, 1.165) is 5.56 Å². The molecule has 0 unspecified atom stereocenters. The van der Waals surface area contributed by atoms with Crippen molar-refractivity contribution < 1.29 is 14.3 Å². The SMILES string of the molecule is COC(=O)c1nc(Cc2ccc(Cl)c(Cl)c2)sc1C(C)=O. The third-order valence-electron chi connectivity index (χ3n) is 2.71. The Morgan fingerprint density at radius 2 is 2.00 bits per heavy atom. The Hall–Kier alpha value is -1.43. The number of Topliss-reactive ketones (excluding diaryl/α,β-unsaturated/α-hetero) is 1. The number of methoxy groups -OCH3 is 1. The number of nitrogens with zero attached hydrogens (tertiary/aromatic N) is 1. The molecule has 1 aromatic carbocycles. The number of carbonyl (C=O) groups is 2. The van der Waals surface area contributed by atoms with Crippen LogP contribution in [0.25, 0.3) is 0 Å². The first-order valence-electron chi connectivity index (χ1n) is 5.95. The average molecular weight is 344 g/mol. The summed E-state index contributed by atoms with van der Waals surface area (Å²) < 4.78 is 4.64. The van der Waals surface area contributed by atoms with Crippen molar-refractivity contribution in [3.8, 4) is 0 Å². The van der Waals surface area contributed by atoms with Crippen molar-refractivity contribution in [1.82, 2.24) is 4.98 Å². The molecule has 0 bridgehead atoms. The molecule has 1 heterocycles. The van der Waals surface area contributed by atoms with E-state index < -0.39 is 5.97 Å². The standard InChI is InChI=1S/C14H11Cl2NO3S/c1-7(18)13-12(14(19)20-2)17-11(21-13)6-8-3-4-9(15)10(16)5-8/h3-5H,6H2,1-2H3. The normalized spacial score (nSPS) is 10.5. The van der Waals surface area contributed by atoms with E-state index in [2.05, 4.69) is 9.72 Å². The molecule has 0 spiro atoms. The Morgan fingerprint density at radius 1 is 1.29 bits per heavy atom. The van der Waals surface area contributed by atoms with Gasteiger partial charge in [0.2, 0.25) is 0 Å². The number of hydrogen-bond acceptors (Lipinski definition) is 5. The molecule has 4 nitrogen and oxygen atoms in total. The fourth-order valence-electron chi connectivity index (χ4n) is 1.74. The number of hydrogen-bond donors (Lipinski definition) is 0. The predicted molar refractivity (Wildman–Crippen MR) is 82.7 cm³/mol. The van der Waals surface area contributed by atoms with Crippen molar-refractivity contribution >= 4 is 46.3 Å². The van der Waals surface area contributed by atoms with E-state index in [1.54, 1.807) is 12.1 Å². The van der Waals surface area contributed by atoms with Gasteiger partial charge >= 0.3 is 5.97 Å². The molecular weight excluding hydrogens is 333 g/mol. The second kappa shape index (κ2) is 6.56. The number of rotatable bonds is 4. The van der Waals surface area contributed by atoms with Gasteiger partial charge in [-0.2, -0.15) is 0 Å². The number of ketones is 1. The lowest BCUT2D eigenvalue weighted by Gasteiger charge is -2.00. The zero-order valence-corrected chi connectivity index (χ0v) is 13.6. The van der Waals surface area contributed by atoms with Gasteiger partial charge in [0.05, 0.1) is 22.2 Å². The van der Waals surface area contributed by atoms with Crippen molar-refractivity contribution in [2.75, 3.05) is 7.11 Å². The predicted octanol–water partition coefficient (Wildman–Crippen LogP) is 4.03. The summed E-state index contributed by atoms with van der Waals surface area (Å²) in [6.45, 7) is 1.39. The lowest BCUT2D eigenvalue weighted by Crippen LogP contribution is -2.07. The topological polar surface area (TPSA) is 56.3 Å². The van der Waals surface area contributed by atoms with E-state index in [1.165, 1.54) is 25.4 Å². The second-order valence-corrected chi connectivity index (χ2v) is 6.16. The van der Waals surface area contributed by atoms with Crippen LogP contribution in [0, 0.1) is 0 Å². The van der Waals surface area contributed by atoms with Gasteiger partial charge in [-0.15, -0.1) is 11.3 Å². The number of esters is 1. The molecule has 0 fully saturated rings. The van der Waals surface area contributed by atoms with Crippen molar-refractivity contribution in [1.29, 1.82) is 0 Å². The summed E-state index contributed by atoms with van der Waals surface area (Å²) in [6, 6.07) is 5.25. The summed E-state index contributed by atoms with van der Waals surface area (Å²) in [5.41, 5.74) is 0.953. The third kappa shape index (κ3) is 3.61. The van der Waals surface area contributed by atoms with E-state index in [-0.39, 0.29) is 11.5 Å². The fraction of sp³-hybridized carbons (Fsp3) is 0.214. The fourth-order valence-corrected chi connectivity index (χ4v) is 3.04. The minimum Gasteiger partial charge on any atom is -0.464 e. The highest BCUT2D eigenvalue weighted by Gasteiger charge is 2.21. The van der Waals surface area contributed by atoms with Gasteiger partial charge in [-0.1, -0.05) is 29.3 Å². The Kier molecular flexibility index (Phi) is 4.98. The molecule has 7 heteroatoms. The molecule has 0 aliphatic carbocycles. The van der Waals surface area contributed by atoms with E-state index in [4.69, 9.17) is 23.2 Å². The molecule has 0 saturated carbocycles. The van der Waals surface area contributed by atoms with Crippen LogP contribution in [0.1, 0.15) is 37.7 Å². The van der Waals surface area contributed by atoms with Gasteiger partial charge in [0.15, 0.2) is 11.5 Å². The van der Waals surface area contributed by atoms with Crippen LogP contribution in [0.15, 0.2) is 18.2 Å². The van der Waals surface area contributed by atoms with Crippen LogP contribution in [0.3, 0.4) is 0 Å². The van der Waals surface area contributed by atoms with Crippen LogP contribution < -0.4 is 0 Å². The van der Waals surface area contributed by atoms with Gasteiger partial charge in [0.1, 0.15) is 4.88 Å². The Morgan fingerprint density at radius 3 is 2.57 bits per heavy atom. The van der Waals surface area contributed by atoms with E-state index >= 15 is 0 Å². The highest BCUT2D eigenvalue weighted by molar-refractivity contribution is 7.14. The van der Waals surface area contributed by atoms with Crippen molar-refractivity contribution in [3.63, 3.8) is 0 Å². The Balaban J connectivity index is 2.34. The Labute approximate surface area is 135 Å². The molecule has 2 aromatic rings. The first-order chi connectivity index (χ1) is 9.92. The molecule has 1 aromatic heterocycles. The monoisotopic (exact) mass is 343 g/mol. The molecule has 0 N–H and O–H groups in total. The molecule has 0 aliphatic rings. The van der Waals surface area contributed by atoms with Gasteiger partial charge in [0, 0.05) is 13.3 Å². The van der Waals surface area contributed by atoms with E-state index in [9.17, 15) is 9.59 Å². The maximum atomic E-state index is 11.6. The second-order valence-electron chi connectivity index (χ2n) is 4.26. The van der Waals surface area contributed by atoms with Crippen molar-refractivity contribution in [2.45, 2.75) is 13.3 Å². The molecule has 110 valence electrons. The van der Waals surface area contributed by atoms with Gasteiger partial charge in [-0.3, -0.25) is 4.79 Å². The molecule has 0 radical (unpaired) electrons. The lowest BCUT2D eigenvalue weighted by molar-refractivity contribution is 0.0591. The lowest BCUT2D eigenvalue weighted by atomic mass is 10.1. The first-order valence-corrected chi connectivity index (χ1v) is 7.52. The summed E-state index contributed by atoms with van der Waals surface area (Å²) in [4.78, 5) is 27.7. The van der Waals surface area contributed by atoms with E-state index in [0.29, 0.717) is 26.4 Å². The van der Waals surface area contributed by atoms with Crippen LogP contribution in [-0.2, 0) is 11.2 Å². The minimum atomic E-state index is -0.614. The summed E-state index contributed by atoms with van der Waals surface area (Å²) in [5, 5.41) is 1.56. The quantitative estimate of drug-likeness (QED) is 0.621. The number of thiazole rings is 1. The summed E-state index contributed by atoms with van der Waals surface area (Å²) in [7, 11) is 1.25. The highest BCUT2D eigenvalue weighted by atomic mass is 35.5. The third-order valence-corrected chi connectivity index (χ3v) is 4.60. The number of aromatic nitrogens is 1. The van der Waals surface area contributed by atoms with Crippen LogP contribution in [0.4, 0.5) is 0 Å².